The second-order valence-electron chi connectivity index (χ2n) is 5.32. The summed E-state index contributed by atoms with van der Waals surface area (Å²) in [5.74, 6) is 0. The second kappa shape index (κ2) is 7.72. The van der Waals surface area contributed by atoms with E-state index in [1.807, 2.05) is 0 Å². The molecule has 1 aliphatic heterocycles. The Morgan fingerprint density at radius 3 is 2.59 bits per heavy atom. The number of nitrogens with two attached hydrogens (primary N) is 1. The van der Waals surface area contributed by atoms with Crippen molar-refractivity contribution in [3.05, 3.63) is 29.3 Å². The minimum Gasteiger partial charge on any atom is -0.394 e. The third-order valence-corrected chi connectivity index (χ3v) is 5.47. The maximum atomic E-state index is 12.4. The van der Waals surface area contributed by atoms with E-state index in [-0.39, 0.29) is 17.6 Å². The monoisotopic (exact) mass is 348 g/mol. The van der Waals surface area contributed by atoms with E-state index >= 15 is 0 Å². The standard InChI is InChI=1S/C14H21ClN2O4S/c15-10-1-4-12(5-2-10)22(19,20)17-13-6-3-11(7-8-16)21-14(13)9-18/h1-2,4-5,11,13-14,17-18H,3,6-9,16H2/t11-,13+,14+/m0/s1. The SMILES string of the molecule is NCC[C@@H]1CC[C@@H](NS(=O)(=O)c2ccc(Cl)cc2)[C@@H](CO)O1. The van der Waals surface area contributed by atoms with Gasteiger partial charge in [-0.05, 0) is 50.1 Å². The largest absolute Gasteiger partial charge is 0.394 e. The molecule has 0 saturated carbocycles. The fraction of sp³-hybridized carbons (Fsp3) is 0.571. The number of hydrogen-bond donors (Lipinski definition) is 3. The van der Waals surface area contributed by atoms with Crippen LogP contribution in [0.1, 0.15) is 19.3 Å². The molecule has 1 aromatic carbocycles. The molecular formula is C14H21ClN2O4S. The fourth-order valence-electron chi connectivity index (χ4n) is 2.55. The van der Waals surface area contributed by atoms with Crippen LogP contribution in [-0.2, 0) is 14.8 Å². The lowest BCUT2D eigenvalue weighted by molar-refractivity contribution is -0.0867. The molecule has 8 heteroatoms. The first-order valence-electron chi connectivity index (χ1n) is 7.20. The van der Waals surface area contributed by atoms with Crippen LogP contribution in [0.5, 0.6) is 0 Å². The van der Waals surface area contributed by atoms with Crippen LogP contribution in [0, 0.1) is 0 Å². The van der Waals surface area contributed by atoms with Crippen LogP contribution in [0.3, 0.4) is 0 Å². The molecule has 1 saturated heterocycles. The van der Waals surface area contributed by atoms with E-state index in [2.05, 4.69) is 4.72 Å². The van der Waals surface area contributed by atoms with Gasteiger partial charge in [0.1, 0.15) is 0 Å². The van der Waals surface area contributed by atoms with Gasteiger partial charge in [-0.3, -0.25) is 0 Å². The molecule has 0 aromatic heterocycles. The quantitative estimate of drug-likeness (QED) is 0.708. The summed E-state index contributed by atoms with van der Waals surface area (Å²) in [7, 11) is -3.67. The van der Waals surface area contributed by atoms with Crippen molar-refractivity contribution in [1.82, 2.24) is 4.72 Å². The highest BCUT2D eigenvalue weighted by molar-refractivity contribution is 7.89. The third kappa shape index (κ3) is 4.41. The molecule has 124 valence electrons. The van der Waals surface area contributed by atoms with E-state index in [0.717, 1.165) is 0 Å². The summed E-state index contributed by atoms with van der Waals surface area (Å²) in [4.78, 5) is 0.137. The van der Waals surface area contributed by atoms with Gasteiger partial charge in [0.25, 0.3) is 0 Å². The number of ether oxygens (including phenoxy) is 1. The van der Waals surface area contributed by atoms with E-state index in [9.17, 15) is 13.5 Å². The van der Waals surface area contributed by atoms with Gasteiger partial charge < -0.3 is 15.6 Å². The lowest BCUT2D eigenvalue weighted by Gasteiger charge is -2.35. The molecule has 0 bridgehead atoms. The normalized spacial score (nSPS) is 26.0. The number of halogens is 1. The third-order valence-electron chi connectivity index (χ3n) is 3.71. The van der Waals surface area contributed by atoms with E-state index in [4.69, 9.17) is 22.1 Å². The van der Waals surface area contributed by atoms with Crippen molar-refractivity contribution in [2.24, 2.45) is 5.73 Å². The zero-order valence-corrected chi connectivity index (χ0v) is 13.7. The van der Waals surface area contributed by atoms with Crippen LogP contribution in [0.2, 0.25) is 5.02 Å². The topological polar surface area (TPSA) is 102 Å². The molecule has 1 heterocycles. The van der Waals surface area contributed by atoms with Gasteiger partial charge in [0.2, 0.25) is 10.0 Å². The smallest absolute Gasteiger partial charge is 0.240 e. The second-order valence-corrected chi connectivity index (χ2v) is 7.47. The summed E-state index contributed by atoms with van der Waals surface area (Å²) in [5, 5.41) is 9.91. The highest BCUT2D eigenvalue weighted by atomic mass is 35.5. The number of nitrogens with one attached hydrogen (secondary N) is 1. The predicted octanol–water partition coefficient (Wildman–Crippen LogP) is 0.876. The van der Waals surface area contributed by atoms with Crippen LogP contribution in [0.15, 0.2) is 29.2 Å². The summed E-state index contributed by atoms with van der Waals surface area (Å²) in [6.45, 7) is 0.263. The molecule has 1 fully saturated rings. The first-order chi connectivity index (χ1) is 10.5. The first kappa shape index (κ1) is 17.7. The van der Waals surface area contributed by atoms with Gasteiger partial charge >= 0.3 is 0 Å². The maximum Gasteiger partial charge on any atom is 0.240 e. The Labute approximate surface area is 135 Å². The van der Waals surface area contributed by atoms with Gasteiger partial charge in [-0.2, -0.15) is 0 Å². The number of rotatable bonds is 6. The van der Waals surface area contributed by atoms with Crippen LogP contribution < -0.4 is 10.5 Å². The van der Waals surface area contributed by atoms with Crippen molar-refractivity contribution in [3.63, 3.8) is 0 Å². The van der Waals surface area contributed by atoms with E-state index in [1.54, 1.807) is 0 Å². The number of aliphatic hydroxyl groups is 1. The van der Waals surface area contributed by atoms with Crippen LogP contribution >= 0.6 is 11.6 Å². The van der Waals surface area contributed by atoms with Gasteiger partial charge in [0, 0.05) is 5.02 Å². The van der Waals surface area contributed by atoms with Crippen molar-refractivity contribution < 1.29 is 18.3 Å². The van der Waals surface area contributed by atoms with Gasteiger partial charge in [-0.25, -0.2) is 13.1 Å². The Hall–Kier alpha value is -0.700. The van der Waals surface area contributed by atoms with Crippen molar-refractivity contribution in [3.8, 4) is 0 Å². The molecule has 0 radical (unpaired) electrons. The number of hydrogen-bond acceptors (Lipinski definition) is 5. The molecule has 4 N–H and O–H groups in total. The molecule has 22 heavy (non-hydrogen) atoms. The minimum absolute atomic E-state index is 0.0292. The van der Waals surface area contributed by atoms with Crippen molar-refractivity contribution in [1.29, 1.82) is 0 Å². The summed E-state index contributed by atoms with van der Waals surface area (Å²) >= 11 is 5.77. The molecule has 3 atom stereocenters. The van der Waals surface area contributed by atoms with E-state index < -0.39 is 22.2 Å². The van der Waals surface area contributed by atoms with Crippen molar-refractivity contribution in [2.45, 2.75) is 42.4 Å². The van der Waals surface area contributed by atoms with Crippen molar-refractivity contribution in [2.75, 3.05) is 13.2 Å². The van der Waals surface area contributed by atoms with Crippen molar-refractivity contribution >= 4 is 21.6 Å². The zero-order valence-electron chi connectivity index (χ0n) is 12.1. The van der Waals surface area contributed by atoms with E-state index in [1.165, 1.54) is 24.3 Å². The van der Waals surface area contributed by atoms with E-state index in [0.29, 0.717) is 30.8 Å². The lowest BCUT2D eigenvalue weighted by Crippen LogP contribution is -2.51. The first-order valence-corrected chi connectivity index (χ1v) is 9.06. The number of aliphatic hydroxyl groups excluding tert-OH is 1. The summed E-state index contributed by atoms with van der Waals surface area (Å²) in [6.07, 6.45) is 1.42. The Morgan fingerprint density at radius 1 is 1.32 bits per heavy atom. The molecule has 1 aliphatic rings. The fourth-order valence-corrected chi connectivity index (χ4v) is 3.97. The Morgan fingerprint density at radius 2 is 2.00 bits per heavy atom. The highest BCUT2D eigenvalue weighted by Gasteiger charge is 2.33. The number of benzene rings is 1. The summed E-state index contributed by atoms with van der Waals surface area (Å²) < 4.78 is 33.1. The molecule has 6 nitrogen and oxygen atoms in total. The molecular weight excluding hydrogens is 328 g/mol. The van der Waals surface area contributed by atoms with Crippen LogP contribution in [0.4, 0.5) is 0 Å². The number of sulfonamides is 1. The van der Waals surface area contributed by atoms with Gasteiger partial charge in [0.15, 0.2) is 0 Å². The minimum atomic E-state index is -3.67. The highest BCUT2D eigenvalue weighted by Crippen LogP contribution is 2.23. The Balaban J connectivity index is 2.07. The molecule has 0 unspecified atom stereocenters. The molecule has 0 aliphatic carbocycles. The Kier molecular flexibility index (Phi) is 6.19. The van der Waals surface area contributed by atoms with Gasteiger partial charge in [-0.1, -0.05) is 11.6 Å². The summed E-state index contributed by atoms with van der Waals surface area (Å²) in [5.41, 5.74) is 5.51. The Bertz CT molecular complexity index is 579. The average molecular weight is 349 g/mol. The molecule has 1 aromatic rings. The van der Waals surface area contributed by atoms with Gasteiger partial charge in [0.05, 0.1) is 29.8 Å². The zero-order chi connectivity index (χ0) is 16.2. The average Bonchev–Trinajstić information content (AvgIpc) is 2.49. The van der Waals surface area contributed by atoms with Crippen LogP contribution in [-0.4, -0.2) is 44.9 Å². The predicted molar refractivity (Wildman–Crippen MR) is 84.2 cm³/mol. The lowest BCUT2D eigenvalue weighted by atomic mass is 9.98. The molecule has 2 rings (SSSR count). The maximum absolute atomic E-state index is 12.4. The molecule has 0 spiro atoms. The summed E-state index contributed by atoms with van der Waals surface area (Å²) in [6, 6.07) is 5.47. The molecule has 0 amide bonds. The van der Waals surface area contributed by atoms with Crippen LogP contribution in [0.25, 0.3) is 0 Å². The van der Waals surface area contributed by atoms with Gasteiger partial charge in [-0.15, -0.1) is 0 Å².